The van der Waals surface area contributed by atoms with Gasteiger partial charge < -0.3 is 19.5 Å². The van der Waals surface area contributed by atoms with Gasteiger partial charge in [0.05, 0.1) is 30.8 Å². The normalized spacial score (nSPS) is 14.5. The summed E-state index contributed by atoms with van der Waals surface area (Å²) in [6.07, 6.45) is 0.578. The number of benzene rings is 1. The number of morpholine rings is 1. The molecule has 6 nitrogen and oxygen atoms in total. The molecule has 0 unspecified atom stereocenters. The first kappa shape index (κ1) is 16.5. The highest BCUT2D eigenvalue weighted by Gasteiger charge is 2.21. The molecular weight excluding hydrogens is 330 g/mol. The molecule has 7 heteroatoms. The fourth-order valence-electron chi connectivity index (χ4n) is 2.55. The van der Waals surface area contributed by atoms with Crippen LogP contribution in [0.5, 0.6) is 11.5 Å². The minimum absolute atomic E-state index is 0.0177. The first-order valence-electron chi connectivity index (χ1n) is 7.47. The van der Waals surface area contributed by atoms with E-state index in [0.717, 1.165) is 10.4 Å². The van der Waals surface area contributed by atoms with Gasteiger partial charge in [0.2, 0.25) is 0 Å². The molecule has 0 saturated carbocycles. The van der Waals surface area contributed by atoms with Crippen LogP contribution in [0.4, 0.5) is 0 Å². The van der Waals surface area contributed by atoms with E-state index in [1.54, 1.807) is 23.1 Å². The fourth-order valence-corrected chi connectivity index (χ4v) is 3.51. The lowest BCUT2D eigenvalue weighted by atomic mass is 10.1. The van der Waals surface area contributed by atoms with Crippen molar-refractivity contribution in [2.75, 3.05) is 33.4 Å². The number of hydrogen-bond acceptors (Lipinski definition) is 6. The molecule has 1 fully saturated rings. The standard InChI is InChI=1S/C17H17NO5S/c1-22-13-9-11(8-12(10-19)16(13)20)14-2-3-15(24-14)17(21)18-4-6-23-7-5-18/h2-3,8-10,20H,4-7H2,1H3. The van der Waals surface area contributed by atoms with E-state index in [4.69, 9.17) is 9.47 Å². The minimum atomic E-state index is -0.183. The van der Waals surface area contributed by atoms with Crippen molar-refractivity contribution in [2.45, 2.75) is 0 Å². The van der Waals surface area contributed by atoms with E-state index in [-0.39, 0.29) is 23.0 Å². The van der Waals surface area contributed by atoms with Crippen LogP contribution in [0.3, 0.4) is 0 Å². The van der Waals surface area contributed by atoms with E-state index in [1.165, 1.54) is 18.4 Å². The third-order valence-corrected chi connectivity index (χ3v) is 4.97. The quantitative estimate of drug-likeness (QED) is 0.860. The number of aldehydes is 1. The summed E-state index contributed by atoms with van der Waals surface area (Å²) in [5, 5.41) is 9.90. The van der Waals surface area contributed by atoms with Gasteiger partial charge in [0.25, 0.3) is 5.91 Å². The lowest BCUT2D eigenvalue weighted by Gasteiger charge is -2.26. The molecule has 0 aliphatic carbocycles. The molecule has 0 atom stereocenters. The average molecular weight is 347 g/mol. The van der Waals surface area contributed by atoms with Crippen LogP contribution in [0.15, 0.2) is 24.3 Å². The third-order valence-electron chi connectivity index (χ3n) is 3.85. The largest absolute Gasteiger partial charge is 0.504 e. The predicted molar refractivity (Wildman–Crippen MR) is 90.1 cm³/mol. The van der Waals surface area contributed by atoms with Crippen molar-refractivity contribution in [1.29, 1.82) is 0 Å². The molecule has 1 aromatic carbocycles. The number of nitrogens with zero attached hydrogens (tertiary/aromatic N) is 1. The molecule has 3 rings (SSSR count). The highest BCUT2D eigenvalue weighted by Crippen LogP contribution is 2.37. The second kappa shape index (κ2) is 7.02. The molecule has 126 valence electrons. The number of carbonyl (C=O) groups excluding carboxylic acids is 2. The Labute approximate surface area is 143 Å². The van der Waals surface area contributed by atoms with Crippen LogP contribution in [0.1, 0.15) is 20.0 Å². The Bertz CT molecular complexity index is 764. The smallest absolute Gasteiger partial charge is 0.264 e. The number of thiophene rings is 1. The average Bonchev–Trinajstić information content (AvgIpc) is 3.12. The molecule has 2 heterocycles. The Morgan fingerprint density at radius 2 is 2.08 bits per heavy atom. The van der Waals surface area contributed by atoms with Crippen molar-refractivity contribution in [3.63, 3.8) is 0 Å². The Morgan fingerprint density at radius 3 is 2.75 bits per heavy atom. The van der Waals surface area contributed by atoms with Gasteiger partial charge in [0, 0.05) is 18.0 Å². The number of amides is 1. The summed E-state index contributed by atoms with van der Waals surface area (Å²) < 4.78 is 10.4. The summed E-state index contributed by atoms with van der Waals surface area (Å²) in [6.45, 7) is 2.30. The van der Waals surface area contributed by atoms with Gasteiger partial charge >= 0.3 is 0 Å². The lowest BCUT2D eigenvalue weighted by molar-refractivity contribution is 0.0306. The van der Waals surface area contributed by atoms with Gasteiger partial charge in [-0.3, -0.25) is 9.59 Å². The maximum Gasteiger partial charge on any atom is 0.264 e. The van der Waals surface area contributed by atoms with Crippen LogP contribution >= 0.6 is 11.3 Å². The Balaban J connectivity index is 1.90. The molecule has 1 saturated heterocycles. The molecule has 1 N–H and O–H groups in total. The molecule has 1 aromatic heterocycles. The van der Waals surface area contributed by atoms with E-state index in [1.807, 2.05) is 6.07 Å². The molecule has 1 aliphatic heterocycles. The summed E-state index contributed by atoms with van der Waals surface area (Å²) in [7, 11) is 1.43. The van der Waals surface area contributed by atoms with Crippen LogP contribution < -0.4 is 4.74 Å². The van der Waals surface area contributed by atoms with Gasteiger partial charge in [-0.05, 0) is 29.8 Å². The molecule has 1 aliphatic rings. The van der Waals surface area contributed by atoms with Crippen molar-refractivity contribution in [3.05, 3.63) is 34.7 Å². The van der Waals surface area contributed by atoms with E-state index in [0.29, 0.717) is 37.5 Å². The maximum atomic E-state index is 12.5. The van der Waals surface area contributed by atoms with Crippen LogP contribution in [-0.2, 0) is 4.74 Å². The number of aromatic hydroxyl groups is 1. The van der Waals surface area contributed by atoms with E-state index >= 15 is 0 Å². The van der Waals surface area contributed by atoms with Crippen molar-refractivity contribution in [3.8, 4) is 21.9 Å². The molecular formula is C17H17NO5S. The molecule has 0 radical (unpaired) electrons. The monoisotopic (exact) mass is 347 g/mol. The summed E-state index contributed by atoms with van der Waals surface area (Å²) in [6, 6.07) is 6.84. The number of methoxy groups -OCH3 is 1. The summed E-state index contributed by atoms with van der Waals surface area (Å²) in [5.74, 6) is 0.0254. The van der Waals surface area contributed by atoms with Gasteiger partial charge in [-0.25, -0.2) is 0 Å². The van der Waals surface area contributed by atoms with E-state index in [9.17, 15) is 14.7 Å². The summed E-state index contributed by atoms with van der Waals surface area (Å²) in [4.78, 5) is 26.8. The van der Waals surface area contributed by atoms with Crippen LogP contribution in [-0.4, -0.2) is 55.6 Å². The molecule has 0 spiro atoms. The Hall–Kier alpha value is -2.38. The minimum Gasteiger partial charge on any atom is -0.504 e. The highest BCUT2D eigenvalue weighted by atomic mass is 32.1. The zero-order valence-corrected chi connectivity index (χ0v) is 14.0. The Morgan fingerprint density at radius 1 is 1.33 bits per heavy atom. The maximum absolute atomic E-state index is 12.5. The van der Waals surface area contributed by atoms with E-state index < -0.39 is 0 Å². The summed E-state index contributed by atoms with van der Waals surface area (Å²) >= 11 is 1.35. The van der Waals surface area contributed by atoms with Crippen LogP contribution in [0, 0.1) is 0 Å². The molecule has 0 bridgehead atoms. The first-order valence-corrected chi connectivity index (χ1v) is 8.29. The molecule has 2 aromatic rings. The number of carbonyl (C=O) groups is 2. The van der Waals surface area contributed by atoms with Crippen molar-refractivity contribution in [2.24, 2.45) is 0 Å². The lowest BCUT2D eigenvalue weighted by Crippen LogP contribution is -2.40. The number of phenolic OH excluding ortho intramolecular Hbond substituents is 1. The predicted octanol–water partition coefficient (Wildman–Crippen LogP) is 2.41. The van der Waals surface area contributed by atoms with Crippen LogP contribution in [0.25, 0.3) is 10.4 Å². The SMILES string of the molecule is COc1cc(-c2ccc(C(=O)N3CCOCC3)s2)cc(C=O)c1O. The fraction of sp³-hybridized carbons (Fsp3) is 0.294. The van der Waals surface area contributed by atoms with Gasteiger partial charge in [-0.2, -0.15) is 0 Å². The van der Waals surface area contributed by atoms with Gasteiger partial charge in [-0.15, -0.1) is 11.3 Å². The van der Waals surface area contributed by atoms with Gasteiger partial charge in [0.15, 0.2) is 17.8 Å². The first-order chi connectivity index (χ1) is 11.6. The third kappa shape index (κ3) is 3.13. The topological polar surface area (TPSA) is 76.1 Å². The molecule has 24 heavy (non-hydrogen) atoms. The second-order valence-corrected chi connectivity index (χ2v) is 6.39. The highest BCUT2D eigenvalue weighted by molar-refractivity contribution is 7.17. The number of hydrogen-bond donors (Lipinski definition) is 1. The van der Waals surface area contributed by atoms with Crippen molar-refractivity contribution >= 4 is 23.5 Å². The number of phenols is 1. The second-order valence-electron chi connectivity index (χ2n) is 5.30. The van der Waals surface area contributed by atoms with Crippen molar-refractivity contribution < 1.29 is 24.2 Å². The van der Waals surface area contributed by atoms with Gasteiger partial charge in [0.1, 0.15) is 0 Å². The Kier molecular flexibility index (Phi) is 4.82. The van der Waals surface area contributed by atoms with Crippen LogP contribution in [0.2, 0.25) is 0 Å². The van der Waals surface area contributed by atoms with E-state index in [2.05, 4.69) is 0 Å². The van der Waals surface area contributed by atoms with Gasteiger partial charge in [-0.1, -0.05) is 0 Å². The van der Waals surface area contributed by atoms with Crippen molar-refractivity contribution in [1.82, 2.24) is 4.90 Å². The molecule has 1 amide bonds. The zero-order valence-electron chi connectivity index (χ0n) is 13.2. The number of rotatable bonds is 4. The zero-order chi connectivity index (χ0) is 17.1. The summed E-state index contributed by atoms with van der Waals surface area (Å²) in [5.41, 5.74) is 0.872. The number of ether oxygens (including phenoxy) is 2.